The summed E-state index contributed by atoms with van der Waals surface area (Å²) in [5, 5.41) is 7.26. The van der Waals surface area contributed by atoms with E-state index < -0.39 is 10.2 Å². The zero-order valence-corrected chi connectivity index (χ0v) is 12.7. The Morgan fingerprint density at radius 2 is 1.89 bits per heavy atom. The molecule has 6 nitrogen and oxygen atoms in total. The van der Waals surface area contributed by atoms with E-state index in [4.69, 9.17) is 11.1 Å². The van der Waals surface area contributed by atoms with Gasteiger partial charge in [0.25, 0.3) is 10.2 Å². The van der Waals surface area contributed by atoms with Crippen LogP contribution in [-0.2, 0) is 10.2 Å². The van der Waals surface area contributed by atoms with Crippen LogP contribution in [0.3, 0.4) is 0 Å². The summed E-state index contributed by atoms with van der Waals surface area (Å²) < 4.78 is 28.2. The summed E-state index contributed by atoms with van der Waals surface area (Å²) in [4.78, 5) is 0. The molecule has 0 aromatic heterocycles. The van der Waals surface area contributed by atoms with E-state index in [0.29, 0.717) is 32.6 Å². The molecule has 1 fully saturated rings. The van der Waals surface area contributed by atoms with Crippen molar-refractivity contribution in [1.29, 1.82) is 5.41 Å². The Labute approximate surface area is 116 Å². The molecule has 1 aliphatic rings. The fourth-order valence-electron chi connectivity index (χ4n) is 2.21. The molecule has 0 unspecified atom stereocenters. The largest absolute Gasteiger partial charge is 0.388 e. The van der Waals surface area contributed by atoms with Gasteiger partial charge in [-0.1, -0.05) is 20.3 Å². The molecule has 1 saturated heterocycles. The highest BCUT2D eigenvalue weighted by Crippen LogP contribution is 2.17. The van der Waals surface area contributed by atoms with Gasteiger partial charge in [0.05, 0.1) is 5.84 Å². The van der Waals surface area contributed by atoms with Gasteiger partial charge in [-0.3, -0.25) is 5.41 Å². The number of nitrogens with one attached hydrogen (secondary N) is 1. The molecule has 1 rings (SSSR count). The molecule has 0 bridgehead atoms. The molecule has 0 atom stereocenters. The molecule has 0 aromatic carbocycles. The number of nitrogens with zero attached hydrogens (tertiary/aromatic N) is 2. The predicted octanol–water partition coefficient (Wildman–Crippen LogP) is 1.00. The summed E-state index contributed by atoms with van der Waals surface area (Å²) in [5.41, 5.74) is 5.34. The second-order valence-electron chi connectivity index (χ2n) is 5.49. The average Bonchev–Trinajstić information content (AvgIpc) is 2.34. The average molecular weight is 290 g/mol. The molecule has 112 valence electrons. The summed E-state index contributed by atoms with van der Waals surface area (Å²) in [5.74, 6) is 0.286. The molecule has 7 heteroatoms. The highest BCUT2D eigenvalue weighted by Gasteiger charge is 2.30. The standard InChI is InChI=1S/C12H26N4O2S/c1-11(2)10-16(9-6-12(13)14)19(17,18)15-7-4-3-5-8-15/h11H,3-10H2,1-2H3,(H3,13,14). The van der Waals surface area contributed by atoms with E-state index in [-0.39, 0.29) is 11.8 Å². The molecule has 0 aromatic rings. The van der Waals surface area contributed by atoms with Gasteiger partial charge in [-0.15, -0.1) is 0 Å². The lowest BCUT2D eigenvalue weighted by Crippen LogP contribution is -2.47. The van der Waals surface area contributed by atoms with Gasteiger partial charge in [-0.25, -0.2) is 0 Å². The van der Waals surface area contributed by atoms with Crippen molar-refractivity contribution >= 4 is 16.0 Å². The first kappa shape index (κ1) is 16.4. The Hall–Kier alpha value is -0.660. The van der Waals surface area contributed by atoms with E-state index in [0.717, 1.165) is 19.3 Å². The normalized spacial score (nSPS) is 18.1. The Morgan fingerprint density at radius 1 is 1.32 bits per heavy atom. The summed E-state index contributed by atoms with van der Waals surface area (Å²) in [6, 6.07) is 0. The topological polar surface area (TPSA) is 90.5 Å². The maximum atomic E-state index is 12.6. The third kappa shape index (κ3) is 5.08. The molecule has 0 aliphatic carbocycles. The summed E-state index contributed by atoms with van der Waals surface area (Å²) in [6.45, 7) is 5.98. The predicted molar refractivity (Wildman–Crippen MR) is 77.3 cm³/mol. The molecular formula is C12H26N4O2S. The van der Waals surface area contributed by atoms with Crippen molar-refractivity contribution in [2.24, 2.45) is 11.7 Å². The van der Waals surface area contributed by atoms with E-state index in [1.165, 1.54) is 4.31 Å². The zero-order chi connectivity index (χ0) is 14.5. The van der Waals surface area contributed by atoms with Crippen molar-refractivity contribution in [2.75, 3.05) is 26.2 Å². The lowest BCUT2D eigenvalue weighted by Gasteiger charge is -2.32. The Morgan fingerprint density at radius 3 is 2.37 bits per heavy atom. The van der Waals surface area contributed by atoms with Crippen LogP contribution in [0.1, 0.15) is 39.5 Å². The number of piperidine rings is 1. The minimum atomic E-state index is -3.40. The van der Waals surface area contributed by atoms with Crippen molar-refractivity contribution in [3.8, 4) is 0 Å². The van der Waals surface area contributed by atoms with Gasteiger partial charge in [0, 0.05) is 32.6 Å². The first-order chi connectivity index (χ1) is 8.84. The van der Waals surface area contributed by atoms with E-state index in [1.807, 2.05) is 13.8 Å². The molecule has 3 N–H and O–H groups in total. The molecule has 19 heavy (non-hydrogen) atoms. The summed E-state index contributed by atoms with van der Waals surface area (Å²) >= 11 is 0. The molecular weight excluding hydrogens is 264 g/mol. The molecule has 1 aliphatic heterocycles. The summed E-state index contributed by atoms with van der Waals surface area (Å²) in [6.07, 6.45) is 3.26. The molecule has 0 spiro atoms. The van der Waals surface area contributed by atoms with Crippen LogP contribution >= 0.6 is 0 Å². The van der Waals surface area contributed by atoms with E-state index in [1.54, 1.807) is 4.31 Å². The third-order valence-electron chi connectivity index (χ3n) is 3.17. The van der Waals surface area contributed by atoms with Crippen LogP contribution < -0.4 is 5.73 Å². The smallest absolute Gasteiger partial charge is 0.281 e. The monoisotopic (exact) mass is 290 g/mol. The summed E-state index contributed by atoms with van der Waals surface area (Å²) in [7, 11) is -3.40. The van der Waals surface area contributed by atoms with Crippen molar-refractivity contribution in [1.82, 2.24) is 8.61 Å². The first-order valence-electron chi connectivity index (χ1n) is 6.92. The number of rotatable bonds is 7. The lowest BCUT2D eigenvalue weighted by atomic mass is 10.2. The van der Waals surface area contributed by atoms with Crippen molar-refractivity contribution in [3.63, 3.8) is 0 Å². The van der Waals surface area contributed by atoms with Gasteiger partial charge in [0.1, 0.15) is 0 Å². The van der Waals surface area contributed by atoms with Gasteiger partial charge < -0.3 is 5.73 Å². The lowest BCUT2D eigenvalue weighted by molar-refractivity contribution is 0.292. The van der Waals surface area contributed by atoms with Gasteiger partial charge in [0.15, 0.2) is 0 Å². The van der Waals surface area contributed by atoms with Crippen LogP contribution in [0.5, 0.6) is 0 Å². The number of nitrogens with two attached hydrogens (primary N) is 1. The Balaban J connectivity index is 2.77. The number of hydrogen-bond donors (Lipinski definition) is 2. The Bertz CT molecular complexity index is 389. The zero-order valence-electron chi connectivity index (χ0n) is 11.9. The fourth-order valence-corrected chi connectivity index (χ4v) is 4.07. The van der Waals surface area contributed by atoms with E-state index >= 15 is 0 Å². The number of hydrogen-bond acceptors (Lipinski definition) is 3. The van der Waals surface area contributed by atoms with Crippen molar-refractivity contribution < 1.29 is 8.42 Å². The maximum Gasteiger partial charge on any atom is 0.281 e. The van der Waals surface area contributed by atoms with Crippen LogP contribution in [0.4, 0.5) is 0 Å². The third-order valence-corrected chi connectivity index (χ3v) is 5.17. The SMILES string of the molecule is CC(C)CN(CCC(=N)N)S(=O)(=O)N1CCCCC1. The molecule has 0 radical (unpaired) electrons. The van der Waals surface area contributed by atoms with Crippen LogP contribution in [-0.4, -0.2) is 49.0 Å². The quantitative estimate of drug-likeness (QED) is 0.541. The highest BCUT2D eigenvalue weighted by atomic mass is 32.2. The van der Waals surface area contributed by atoms with E-state index in [2.05, 4.69) is 0 Å². The molecule has 1 heterocycles. The van der Waals surface area contributed by atoms with E-state index in [9.17, 15) is 8.42 Å². The minimum Gasteiger partial charge on any atom is -0.388 e. The fraction of sp³-hybridized carbons (Fsp3) is 0.917. The van der Waals surface area contributed by atoms with Crippen LogP contribution in [0.25, 0.3) is 0 Å². The minimum absolute atomic E-state index is 0.0302. The second kappa shape index (κ2) is 7.21. The molecule has 0 saturated carbocycles. The van der Waals surface area contributed by atoms with Gasteiger partial charge in [-0.2, -0.15) is 17.0 Å². The first-order valence-corrected chi connectivity index (χ1v) is 8.32. The number of amidine groups is 1. The maximum absolute atomic E-state index is 12.6. The molecule has 0 amide bonds. The van der Waals surface area contributed by atoms with Gasteiger partial charge >= 0.3 is 0 Å². The van der Waals surface area contributed by atoms with Gasteiger partial charge in [0.2, 0.25) is 0 Å². The van der Waals surface area contributed by atoms with Crippen LogP contribution in [0.2, 0.25) is 0 Å². The van der Waals surface area contributed by atoms with Crippen molar-refractivity contribution in [2.45, 2.75) is 39.5 Å². The van der Waals surface area contributed by atoms with Crippen LogP contribution in [0, 0.1) is 11.3 Å². The second-order valence-corrected chi connectivity index (χ2v) is 7.42. The Kier molecular flexibility index (Phi) is 6.22. The van der Waals surface area contributed by atoms with Gasteiger partial charge in [-0.05, 0) is 18.8 Å². The van der Waals surface area contributed by atoms with Crippen molar-refractivity contribution in [3.05, 3.63) is 0 Å². The highest BCUT2D eigenvalue weighted by molar-refractivity contribution is 7.86. The van der Waals surface area contributed by atoms with Crippen LogP contribution in [0.15, 0.2) is 0 Å².